The summed E-state index contributed by atoms with van der Waals surface area (Å²) in [6, 6.07) is 8.39. The lowest BCUT2D eigenvalue weighted by Gasteiger charge is -2.16. The molecule has 0 aromatic heterocycles. The first-order chi connectivity index (χ1) is 12.8. The van der Waals surface area contributed by atoms with Gasteiger partial charge in [-0.2, -0.15) is 13.2 Å². The van der Waals surface area contributed by atoms with Crippen LogP contribution in [-0.4, -0.2) is 31.9 Å². The molecule has 9 heteroatoms. The van der Waals surface area contributed by atoms with E-state index in [4.69, 9.17) is 9.47 Å². The molecule has 0 bridgehead atoms. The van der Waals surface area contributed by atoms with E-state index in [-0.39, 0.29) is 12.1 Å². The number of urea groups is 1. The molecule has 0 unspecified atom stereocenters. The lowest BCUT2D eigenvalue weighted by molar-refractivity contribution is -0.137. The van der Waals surface area contributed by atoms with Crippen LogP contribution >= 0.6 is 0 Å². The van der Waals surface area contributed by atoms with E-state index in [1.54, 1.807) is 18.2 Å². The van der Waals surface area contributed by atoms with Gasteiger partial charge in [-0.3, -0.25) is 0 Å². The zero-order valence-corrected chi connectivity index (χ0v) is 14.6. The number of aliphatic hydroxyl groups is 1. The van der Waals surface area contributed by atoms with Crippen LogP contribution in [-0.2, 0) is 6.18 Å². The highest BCUT2D eigenvalue weighted by Gasteiger charge is 2.30. The number of ether oxygens (including phenoxy) is 2. The quantitative estimate of drug-likeness (QED) is 0.711. The highest BCUT2D eigenvalue weighted by atomic mass is 19.4. The van der Waals surface area contributed by atoms with Crippen LogP contribution in [0.5, 0.6) is 11.5 Å². The third kappa shape index (κ3) is 5.27. The van der Waals surface area contributed by atoms with Crippen LogP contribution in [0.4, 0.5) is 23.7 Å². The van der Waals surface area contributed by atoms with Crippen LogP contribution in [0.1, 0.15) is 17.2 Å². The summed E-state index contributed by atoms with van der Waals surface area (Å²) in [6.07, 6.45) is -5.61. The third-order valence-electron chi connectivity index (χ3n) is 3.73. The van der Waals surface area contributed by atoms with Crippen molar-refractivity contribution in [1.29, 1.82) is 0 Å². The van der Waals surface area contributed by atoms with Gasteiger partial charge in [0.15, 0.2) is 11.5 Å². The number of amides is 2. The highest BCUT2D eigenvalue weighted by Crippen LogP contribution is 2.34. The van der Waals surface area contributed by atoms with Gasteiger partial charge in [0.25, 0.3) is 0 Å². The summed E-state index contributed by atoms with van der Waals surface area (Å²) in [5.74, 6) is 0.763. The zero-order chi connectivity index (χ0) is 20.0. The molecule has 3 N–H and O–H groups in total. The van der Waals surface area contributed by atoms with Crippen molar-refractivity contribution < 1.29 is 32.5 Å². The summed E-state index contributed by atoms with van der Waals surface area (Å²) < 4.78 is 48.0. The summed E-state index contributed by atoms with van der Waals surface area (Å²) in [5.41, 5.74) is -0.199. The predicted molar refractivity (Wildman–Crippen MR) is 93.0 cm³/mol. The van der Waals surface area contributed by atoms with Crippen molar-refractivity contribution in [3.8, 4) is 11.5 Å². The van der Waals surface area contributed by atoms with E-state index in [1.807, 2.05) is 0 Å². The Morgan fingerprint density at radius 2 is 1.78 bits per heavy atom. The molecule has 0 aliphatic carbocycles. The van der Waals surface area contributed by atoms with Crippen LogP contribution in [0.3, 0.4) is 0 Å². The number of hydrogen-bond donors (Lipinski definition) is 3. The second-order valence-corrected chi connectivity index (χ2v) is 5.51. The number of nitrogens with one attached hydrogen (secondary N) is 2. The monoisotopic (exact) mass is 384 g/mol. The van der Waals surface area contributed by atoms with Gasteiger partial charge in [0.05, 0.1) is 31.6 Å². The van der Waals surface area contributed by atoms with Crippen LogP contribution in [0.25, 0.3) is 0 Å². The van der Waals surface area contributed by atoms with Gasteiger partial charge < -0.3 is 25.2 Å². The van der Waals surface area contributed by atoms with E-state index in [9.17, 15) is 23.1 Å². The normalized spacial score (nSPS) is 12.2. The number of para-hydroxylation sites is 1. The summed E-state index contributed by atoms with van der Waals surface area (Å²) in [6.45, 7) is -0.191. The maximum atomic E-state index is 12.6. The number of rotatable bonds is 6. The molecule has 0 saturated carbocycles. The molecule has 2 aromatic carbocycles. The molecule has 1 atom stereocenters. The number of carbonyl (C=O) groups is 1. The zero-order valence-electron chi connectivity index (χ0n) is 14.6. The molecule has 27 heavy (non-hydrogen) atoms. The molecule has 0 aliphatic heterocycles. The third-order valence-corrected chi connectivity index (χ3v) is 3.73. The van der Waals surface area contributed by atoms with Crippen molar-refractivity contribution in [3.63, 3.8) is 0 Å². The second kappa shape index (κ2) is 8.63. The first kappa shape index (κ1) is 20.4. The first-order valence-corrected chi connectivity index (χ1v) is 7.87. The number of anilines is 1. The van der Waals surface area contributed by atoms with Gasteiger partial charge in [-0.15, -0.1) is 0 Å². The van der Waals surface area contributed by atoms with Gasteiger partial charge in [-0.05, 0) is 29.8 Å². The Morgan fingerprint density at radius 1 is 1.11 bits per heavy atom. The van der Waals surface area contributed by atoms with E-state index in [0.717, 1.165) is 24.3 Å². The Hall–Kier alpha value is -2.94. The Balaban J connectivity index is 1.96. The highest BCUT2D eigenvalue weighted by molar-refractivity contribution is 5.91. The maximum Gasteiger partial charge on any atom is 0.416 e. The largest absolute Gasteiger partial charge is 0.493 e. The van der Waals surface area contributed by atoms with E-state index in [2.05, 4.69) is 10.6 Å². The van der Waals surface area contributed by atoms with E-state index in [1.165, 1.54) is 14.2 Å². The molecule has 0 spiro atoms. The molecular formula is C18H19F3N2O4. The average molecular weight is 384 g/mol. The minimum atomic E-state index is -4.45. The Morgan fingerprint density at radius 3 is 2.33 bits per heavy atom. The number of aliphatic hydroxyl groups excluding tert-OH is 1. The molecule has 146 valence electrons. The van der Waals surface area contributed by atoms with Gasteiger partial charge in [-0.25, -0.2) is 4.79 Å². The van der Waals surface area contributed by atoms with Crippen molar-refractivity contribution in [3.05, 3.63) is 53.6 Å². The van der Waals surface area contributed by atoms with Gasteiger partial charge in [0, 0.05) is 6.54 Å². The summed E-state index contributed by atoms with van der Waals surface area (Å²) in [4.78, 5) is 12.0. The average Bonchev–Trinajstić information content (AvgIpc) is 2.65. The summed E-state index contributed by atoms with van der Waals surface area (Å²) >= 11 is 0. The van der Waals surface area contributed by atoms with Gasteiger partial charge in [-0.1, -0.05) is 18.2 Å². The maximum absolute atomic E-state index is 12.6. The number of alkyl halides is 3. The lowest BCUT2D eigenvalue weighted by Crippen LogP contribution is -2.32. The molecule has 0 heterocycles. The van der Waals surface area contributed by atoms with Gasteiger partial charge in [0.2, 0.25) is 0 Å². The fraction of sp³-hybridized carbons (Fsp3) is 0.278. The topological polar surface area (TPSA) is 79.8 Å². The van der Waals surface area contributed by atoms with Crippen LogP contribution in [0, 0.1) is 0 Å². The Bertz CT molecular complexity index is 779. The SMILES string of the molecule is COc1cccc(NC(=O)NC[C@@H](O)c2ccc(C(F)(F)F)cc2)c1OC. The second-order valence-electron chi connectivity index (χ2n) is 5.51. The van der Waals surface area contributed by atoms with E-state index >= 15 is 0 Å². The van der Waals surface area contributed by atoms with Crippen molar-refractivity contribution in [2.75, 3.05) is 26.1 Å². The van der Waals surface area contributed by atoms with Gasteiger partial charge in [0.1, 0.15) is 0 Å². The molecule has 2 amide bonds. The summed E-state index contributed by atoms with van der Waals surface area (Å²) in [5, 5.41) is 15.0. The number of halogens is 3. The summed E-state index contributed by atoms with van der Waals surface area (Å²) in [7, 11) is 2.89. The smallest absolute Gasteiger partial charge is 0.416 e. The van der Waals surface area contributed by atoms with Crippen molar-refractivity contribution in [1.82, 2.24) is 5.32 Å². The lowest BCUT2D eigenvalue weighted by atomic mass is 10.1. The molecule has 0 radical (unpaired) electrons. The fourth-order valence-electron chi connectivity index (χ4n) is 2.35. The molecule has 0 fully saturated rings. The van der Waals surface area contributed by atoms with Crippen molar-refractivity contribution >= 4 is 11.7 Å². The molecule has 0 saturated heterocycles. The van der Waals surface area contributed by atoms with Gasteiger partial charge >= 0.3 is 12.2 Å². The first-order valence-electron chi connectivity index (χ1n) is 7.87. The van der Waals surface area contributed by atoms with Crippen molar-refractivity contribution in [2.45, 2.75) is 12.3 Å². The molecule has 2 aromatic rings. The van der Waals surface area contributed by atoms with Crippen LogP contribution in [0.2, 0.25) is 0 Å². The number of benzene rings is 2. The predicted octanol–water partition coefficient (Wildman–Crippen LogP) is 3.58. The minimum absolute atomic E-state index is 0.191. The molecular weight excluding hydrogens is 365 g/mol. The van der Waals surface area contributed by atoms with E-state index < -0.39 is 23.9 Å². The van der Waals surface area contributed by atoms with Crippen LogP contribution in [0.15, 0.2) is 42.5 Å². The Kier molecular flexibility index (Phi) is 6.51. The Labute approximate surface area is 153 Å². The van der Waals surface area contributed by atoms with Crippen molar-refractivity contribution in [2.24, 2.45) is 0 Å². The fourth-order valence-corrected chi connectivity index (χ4v) is 2.35. The number of carbonyl (C=O) groups excluding carboxylic acids is 1. The molecule has 0 aliphatic rings. The number of methoxy groups -OCH3 is 2. The van der Waals surface area contributed by atoms with Crippen LogP contribution < -0.4 is 20.1 Å². The molecule has 2 rings (SSSR count). The molecule has 6 nitrogen and oxygen atoms in total. The number of hydrogen-bond acceptors (Lipinski definition) is 4. The standard InChI is InChI=1S/C18H19F3N2O4/c1-26-15-5-3-4-13(16(15)27-2)23-17(25)22-10-14(24)11-6-8-12(9-7-11)18(19,20)21/h3-9,14,24H,10H2,1-2H3,(H2,22,23,25)/t14-/m1/s1. The minimum Gasteiger partial charge on any atom is -0.493 e. The van der Waals surface area contributed by atoms with E-state index in [0.29, 0.717) is 17.2 Å².